The molecule has 0 amide bonds. The van der Waals surface area contributed by atoms with Gasteiger partial charge in [0.05, 0.1) is 5.69 Å². The molecule has 0 unspecified atom stereocenters. The Kier molecular flexibility index (Phi) is 3.62. The number of nitrogens with one attached hydrogen (secondary N) is 1. The van der Waals surface area contributed by atoms with Crippen molar-refractivity contribution in [2.24, 2.45) is 5.92 Å². The van der Waals surface area contributed by atoms with Gasteiger partial charge in [-0.2, -0.15) is 0 Å². The second-order valence-corrected chi connectivity index (χ2v) is 5.22. The average molecular weight is 234 g/mol. The third kappa shape index (κ3) is 2.75. The van der Waals surface area contributed by atoms with Crippen LogP contribution in [0, 0.1) is 12.8 Å². The summed E-state index contributed by atoms with van der Waals surface area (Å²) in [6.07, 6.45) is 1.02. The summed E-state index contributed by atoms with van der Waals surface area (Å²) in [6, 6.07) is 0. The van der Waals surface area contributed by atoms with Gasteiger partial charge in [-0.05, 0) is 12.8 Å². The van der Waals surface area contributed by atoms with E-state index < -0.39 is 0 Å². The molecule has 4 nitrogen and oxygen atoms in total. The van der Waals surface area contributed by atoms with Crippen molar-refractivity contribution in [2.75, 3.05) is 25.0 Å². The Balaban J connectivity index is 2.35. The molecule has 94 valence electrons. The number of fused-ring (bicyclic) bond motifs is 1. The lowest BCUT2D eigenvalue weighted by Crippen LogP contribution is -2.31. The first-order valence-electron chi connectivity index (χ1n) is 6.36. The van der Waals surface area contributed by atoms with E-state index in [1.54, 1.807) is 0 Å². The molecule has 1 aromatic rings. The van der Waals surface area contributed by atoms with E-state index in [2.05, 4.69) is 41.1 Å². The Bertz CT molecular complexity index is 401. The molecule has 4 heteroatoms. The lowest BCUT2D eigenvalue weighted by Gasteiger charge is -2.26. The molecule has 1 aliphatic rings. The third-order valence-electron chi connectivity index (χ3n) is 3.02. The van der Waals surface area contributed by atoms with E-state index >= 15 is 0 Å². The van der Waals surface area contributed by atoms with Gasteiger partial charge in [0.2, 0.25) is 0 Å². The molecule has 1 aromatic heterocycles. The number of hydrogen-bond acceptors (Lipinski definition) is 4. The number of aromatic nitrogens is 2. The van der Waals surface area contributed by atoms with Crippen LogP contribution >= 0.6 is 0 Å². The topological polar surface area (TPSA) is 41.1 Å². The van der Waals surface area contributed by atoms with E-state index in [0.29, 0.717) is 5.92 Å². The summed E-state index contributed by atoms with van der Waals surface area (Å²) >= 11 is 0. The molecular weight excluding hydrogens is 212 g/mol. The summed E-state index contributed by atoms with van der Waals surface area (Å²) < 4.78 is 0. The zero-order chi connectivity index (χ0) is 12.4. The largest absolute Gasteiger partial charge is 0.359 e. The molecule has 0 radical (unpaired) electrons. The number of nitrogens with zero attached hydrogens (tertiary/aromatic N) is 3. The van der Waals surface area contributed by atoms with Gasteiger partial charge in [0.25, 0.3) is 0 Å². The van der Waals surface area contributed by atoms with Crippen LogP contribution in [-0.4, -0.2) is 30.1 Å². The van der Waals surface area contributed by atoms with Gasteiger partial charge in [-0.3, -0.25) is 0 Å². The Morgan fingerprint density at radius 1 is 1.35 bits per heavy atom. The predicted octanol–water partition coefficient (Wildman–Crippen LogP) is 1.52. The lowest BCUT2D eigenvalue weighted by atomic mass is 10.1. The van der Waals surface area contributed by atoms with Crippen LogP contribution in [-0.2, 0) is 13.0 Å². The monoisotopic (exact) mass is 234 g/mol. The maximum absolute atomic E-state index is 4.61. The smallest absolute Gasteiger partial charge is 0.136 e. The summed E-state index contributed by atoms with van der Waals surface area (Å²) in [4.78, 5) is 11.4. The molecule has 1 N–H and O–H groups in total. The molecular formula is C13H22N4. The van der Waals surface area contributed by atoms with Crippen molar-refractivity contribution in [1.29, 1.82) is 0 Å². The van der Waals surface area contributed by atoms with E-state index in [1.807, 2.05) is 6.92 Å². The summed E-state index contributed by atoms with van der Waals surface area (Å²) in [7, 11) is 2.12. The van der Waals surface area contributed by atoms with Gasteiger partial charge in [-0.25, -0.2) is 9.97 Å². The van der Waals surface area contributed by atoms with Crippen LogP contribution in [0.5, 0.6) is 0 Å². The van der Waals surface area contributed by atoms with Crippen molar-refractivity contribution in [3.63, 3.8) is 0 Å². The minimum absolute atomic E-state index is 0.641. The fourth-order valence-corrected chi connectivity index (χ4v) is 2.40. The zero-order valence-electron chi connectivity index (χ0n) is 11.2. The zero-order valence-corrected chi connectivity index (χ0v) is 11.2. The van der Waals surface area contributed by atoms with Crippen molar-refractivity contribution in [3.05, 3.63) is 17.1 Å². The molecule has 1 aliphatic heterocycles. The Morgan fingerprint density at radius 2 is 2.12 bits per heavy atom. The lowest BCUT2D eigenvalue weighted by molar-refractivity contribution is 0.603. The van der Waals surface area contributed by atoms with Crippen molar-refractivity contribution in [2.45, 2.75) is 33.7 Å². The fraction of sp³-hybridized carbons (Fsp3) is 0.692. The summed E-state index contributed by atoms with van der Waals surface area (Å²) in [6.45, 7) is 9.40. The van der Waals surface area contributed by atoms with Crippen LogP contribution in [0.4, 0.5) is 5.82 Å². The van der Waals surface area contributed by atoms with Crippen LogP contribution < -0.4 is 10.2 Å². The standard InChI is InChI=1S/C13H22N4/c1-9(2)8-17(4)13-11-7-14-6-5-12(11)15-10(3)16-13/h9,14H,5-8H2,1-4H3. The highest BCUT2D eigenvalue weighted by Crippen LogP contribution is 2.23. The number of anilines is 1. The minimum atomic E-state index is 0.641. The quantitative estimate of drug-likeness (QED) is 0.861. The van der Waals surface area contributed by atoms with E-state index in [9.17, 15) is 0 Å². The van der Waals surface area contributed by atoms with Gasteiger partial charge in [0, 0.05) is 38.7 Å². The number of rotatable bonds is 3. The second-order valence-electron chi connectivity index (χ2n) is 5.22. The van der Waals surface area contributed by atoms with Crippen LogP contribution in [0.2, 0.25) is 0 Å². The first-order valence-corrected chi connectivity index (χ1v) is 6.36. The predicted molar refractivity (Wildman–Crippen MR) is 70.3 cm³/mol. The van der Waals surface area contributed by atoms with E-state index in [4.69, 9.17) is 0 Å². The maximum Gasteiger partial charge on any atom is 0.136 e. The summed E-state index contributed by atoms with van der Waals surface area (Å²) in [5.74, 6) is 2.63. The molecule has 2 heterocycles. The van der Waals surface area contributed by atoms with E-state index in [-0.39, 0.29) is 0 Å². The molecule has 0 aromatic carbocycles. The molecule has 0 saturated heterocycles. The number of aryl methyl sites for hydroxylation is 1. The molecule has 2 rings (SSSR count). The Labute approximate surface area is 103 Å². The van der Waals surface area contributed by atoms with Crippen molar-refractivity contribution in [1.82, 2.24) is 15.3 Å². The van der Waals surface area contributed by atoms with Gasteiger partial charge in [0.1, 0.15) is 11.6 Å². The molecule has 0 aliphatic carbocycles. The van der Waals surface area contributed by atoms with E-state index in [0.717, 1.165) is 37.7 Å². The summed E-state index contributed by atoms with van der Waals surface area (Å²) in [5.41, 5.74) is 2.51. The second kappa shape index (κ2) is 5.00. The van der Waals surface area contributed by atoms with Crippen LogP contribution in [0.25, 0.3) is 0 Å². The normalized spacial score (nSPS) is 14.9. The molecule has 17 heavy (non-hydrogen) atoms. The van der Waals surface area contributed by atoms with E-state index in [1.165, 1.54) is 11.3 Å². The minimum Gasteiger partial charge on any atom is -0.359 e. The SMILES string of the molecule is Cc1nc2c(c(N(C)CC(C)C)n1)CNCC2. The van der Waals surface area contributed by atoms with Crippen LogP contribution in [0.15, 0.2) is 0 Å². The molecule has 0 saturated carbocycles. The first-order chi connectivity index (χ1) is 8.08. The van der Waals surface area contributed by atoms with Crippen LogP contribution in [0.1, 0.15) is 30.9 Å². The molecule has 0 bridgehead atoms. The van der Waals surface area contributed by atoms with Crippen molar-refractivity contribution in [3.8, 4) is 0 Å². The highest BCUT2D eigenvalue weighted by molar-refractivity contribution is 5.49. The molecule has 0 fully saturated rings. The van der Waals surface area contributed by atoms with Crippen molar-refractivity contribution < 1.29 is 0 Å². The van der Waals surface area contributed by atoms with Crippen LogP contribution in [0.3, 0.4) is 0 Å². The Morgan fingerprint density at radius 3 is 2.82 bits per heavy atom. The average Bonchev–Trinajstić information content (AvgIpc) is 2.26. The highest BCUT2D eigenvalue weighted by Gasteiger charge is 2.19. The maximum atomic E-state index is 4.61. The van der Waals surface area contributed by atoms with Crippen molar-refractivity contribution >= 4 is 5.82 Å². The van der Waals surface area contributed by atoms with Gasteiger partial charge in [0.15, 0.2) is 0 Å². The Hall–Kier alpha value is -1.16. The third-order valence-corrected chi connectivity index (χ3v) is 3.02. The fourth-order valence-electron chi connectivity index (χ4n) is 2.40. The number of hydrogen-bond donors (Lipinski definition) is 1. The summed E-state index contributed by atoms with van der Waals surface area (Å²) in [5, 5.41) is 3.40. The molecule has 0 atom stereocenters. The van der Waals surface area contributed by atoms with Gasteiger partial charge in [-0.1, -0.05) is 13.8 Å². The first kappa shape index (κ1) is 12.3. The van der Waals surface area contributed by atoms with Gasteiger partial charge in [-0.15, -0.1) is 0 Å². The van der Waals surface area contributed by atoms with Gasteiger partial charge >= 0.3 is 0 Å². The highest BCUT2D eigenvalue weighted by atomic mass is 15.2. The van der Waals surface area contributed by atoms with Gasteiger partial charge < -0.3 is 10.2 Å². The molecule has 0 spiro atoms.